The lowest BCUT2D eigenvalue weighted by Crippen LogP contribution is -2.27. The van der Waals surface area contributed by atoms with Crippen LogP contribution in [0.5, 0.6) is 0 Å². The highest BCUT2D eigenvalue weighted by Gasteiger charge is 2.31. The van der Waals surface area contributed by atoms with Crippen LogP contribution in [0, 0.1) is 0 Å². The Morgan fingerprint density at radius 2 is 1.91 bits per heavy atom. The molecule has 0 bridgehead atoms. The van der Waals surface area contributed by atoms with Gasteiger partial charge in [0.25, 0.3) is 0 Å². The van der Waals surface area contributed by atoms with E-state index in [1.54, 1.807) is 6.20 Å². The minimum absolute atomic E-state index is 0.294. The van der Waals surface area contributed by atoms with Crippen molar-refractivity contribution >= 4 is 10.0 Å². The summed E-state index contributed by atoms with van der Waals surface area (Å²) in [5.41, 5.74) is 0.379. The Bertz CT molecular complexity index is 608. The maximum atomic E-state index is 12.7. The lowest BCUT2D eigenvalue weighted by molar-refractivity contribution is 0.448. The van der Waals surface area contributed by atoms with E-state index < -0.39 is 10.0 Å². The van der Waals surface area contributed by atoms with Crippen molar-refractivity contribution < 1.29 is 8.42 Å². The van der Waals surface area contributed by atoms with Gasteiger partial charge < -0.3 is 0 Å². The summed E-state index contributed by atoms with van der Waals surface area (Å²) < 4.78 is 30.1. The zero-order chi connectivity index (χ0) is 17.1. The molecule has 1 fully saturated rings. The van der Waals surface area contributed by atoms with E-state index in [-0.39, 0.29) is 5.41 Å². The SMILES string of the molecule is CCCCCNS(=O)(=O)c1cn(C2CCCC2)nc1C(C)(C)C. The second-order valence-corrected chi connectivity index (χ2v) is 9.35. The third-order valence-corrected chi connectivity index (χ3v) is 5.93. The molecule has 0 saturated heterocycles. The van der Waals surface area contributed by atoms with E-state index in [1.807, 2.05) is 25.5 Å². The molecular formula is C17H31N3O2S. The maximum absolute atomic E-state index is 12.7. The van der Waals surface area contributed by atoms with Crippen molar-refractivity contribution in [1.82, 2.24) is 14.5 Å². The van der Waals surface area contributed by atoms with Gasteiger partial charge in [0, 0.05) is 18.2 Å². The Morgan fingerprint density at radius 1 is 1.26 bits per heavy atom. The van der Waals surface area contributed by atoms with Gasteiger partial charge in [-0.15, -0.1) is 0 Å². The van der Waals surface area contributed by atoms with Crippen molar-refractivity contribution in [2.24, 2.45) is 0 Å². The highest BCUT2D eigenvalue weighted by atomic mass is 32.2. The van der Waals surface area contributed by atoms with Gasteiger partial charge in [0.15, 0.2) is 0 Å². The smallest absolute Gasteiger partial charge is 0.243 e. The first-order valence-corrected chi connectivity index (χ1v) is 10.3. The monoisotopic (exact) mass is 341 g/mol. The summed E-state index contributed by atoms with van der Waals surface area (Å²) in [4.78, 5) is 0.355. The molecule has 132 valence electrons. The van der Waals surface area contributed by atoms with Gasteiger partial charge in [-0.05, 0) is 19.3 Å². The normalized spacial score (nSPS) is 17.0. The highest BCUT2D eigenvalue weighted by Crippen LogP contribution is 2.33. The number of nitrogens with one attached hydrogen (secondary N) is 1. The second-order valence-electron chi connectivity index (χ2n) is 7.62. The largest absolute Gasteiger partial charge is 0.268 e. The van der Waals surface area contributed by atoms with Crippen LogP contribution in [0.2, 0.25) is 0 Å². The fraction of sp³-hybridized carbons (Fsp3) is 0.824. The van der Waals surface area contributed by atoms with E-state index in [0.717, 1.165) is 32.1 Å². The van der Waals surface area contributed by atoms with Crippen LogP contribution in [0.3, 0.4) is 0 Å². The molecule has 1 heterocycles. The average molecular weight is 342 g/mol. The number of rotatable bonds is 7. The molecule has 1 aromatic rings. The molecule has 0 aromatic carbocycles. The van der Waals surface area contributed by atoms with Gasteiger partial charge in [0.2, 0.25) is 10.0 Å². The fourth-order valence-electron chi connectivity index (χ4n) is 3.11. The summed E-state index contributed by atoms with van der Waals surface area (Å²) in [6.07, 6.45) is 9.32. The molecule has 1 aliphatic carbocycles. The van der Waals surface area contributed by atoms with Gasteiger partial charge in [-0.1, -0.05) is 53.4 Å². The molecule has 6 heteroatoms. The van der Waals surface area contributed by atoms with Crippen LogP contribution in [0.1, 0.15) is 84.4 Å². The molecule has 0 radical (unpaired) electrons. The van der Waals surface area contributed by atoms with Crippen molar-refractivity contribution in [3.8, 4) is 0 Å². The van der Waals surface area contributed by atoms with Crippen molar-refractivity contribution in [3.05, 3.63) is 11.9 Å². The van der Waals surface area contributed by atoms with Gasteiger partial charge >= 0.3 is 0 Å². The van der Waals surface area contributed by atoms with Crippen molar-refractivity contribution in [2.75, 3.05) is 6.54 Å². The van der Waals surface area contributed by atoms with Gasteiger partial charge in [0.1, 0.15) is 4.90 Å². The lowest BCUT2D eigenvalue weighted by Gasteiger charge is -2.18. The van der Waals surface area contributed by atoms with Gasteiger partial charge in [-0.25, -0.2) is 13.1 Å². The van der Waals surface area contributed by atoms with Crippen LogP contribution >= 0.6 is 0 Å². The molecule has 1 aliphatic rings. The molecule has 0 unspecified atom stereocenters. The van der Waals surface area contributed by atoms with E-state index in [4.69, 9.17) is 0 Å². The van der Waals surface area contributed by atoms with Crippen molar-refractivity contribution in [1.29, 1.82) is 0 Å². The molecule has 1 aromatic heterocycles. The summed E-state index contributed by atoms with van der Waals surface area (Å²) in [6, 6.07) is 0.347. The van der Waals surface area contributed by atoms with Crippen LogP contribution < -0.4 is 4.72 Å². The Hall–Kier alpha value is -0.880. The Balaban J connectivity index is 2.27. The molecule has 0 spiro atoms. The number of sulfonamides is 1. The molecule has 23 heavy (non-hydrogen) atoms. The lowest BCUT2D eigenvalue weighted by atomic mass is 9.92. The van der Waals surface area contributed by atoms with Crippen molar-refractivity contribution in [3.63, 3.8) is 0 Å². The zero-order valence-electron chi connectivity index (χ0n) is 14.9. The first-order valence-electron chi connectivity index (χ1n) is 8.85. The first-order chi connectivity index (χ1) is 10.8. The molecule has 0 aliphatic heterocycles. The Morgan fingerprint density at radius 3 is 2.48 bits per heavy atom. The zero-order valence-corrected chi connectivity index (χ0v) is 15.7. The predicted molar refractivity (Wildman–Crippen MR) is 93.1 cm³/mol. The molecule has 0 amide bonds. The van der Waals surface area contributed by atoms with E-state index in [9.17, 15) is 8.42 Å². The third kappa shape index (κ3) is 4.57. The number of aromatic nitrogens is 2. The summed E-state index contributed by atoms with van der Waals surface area (Å²) in [5, 5.41) is 4.67. The quantitative estimate of drug-likeness (QED) is 0.768. The molecular weight excluding hydrogens is 310 g/mol. The topological polar surface area (TPSA) is 64.0 Å². The molecule has 0 atom stereocenters. The highest BCUT2D eigenvalue weighted by molar-refractivity contribution is 7.89. The van der Waals surface area contributed by atoms with E-state index in [1.165, 1.54) is 12.8 Å². The van der Waals surface area contributed by atoms with Crippen LogP contribution in [0.4, 0.5) is 0 Å². The Labute approximate surface area is 140 Å². The fourth-order valence-corrected chi connectivity index (χ4v) is 4.52. The van der Waals surface area contributed by atoms with Gasteiger partial charge in [-0.3, -0.25) is 4.68 Å². The average Bonchev–Trinajstić information content (AvgIpc) is 3.10. The number of unbranched alkanes of at least 4 members (excludes halogenated alkanes) is 2. The number of hydrogen-bond donors (Lipinski definition) is 1. The summed E-state index contributed by atoms with van der Waals surface area (Å²) in [6.45, 7) is 8.66. The number of hydrogen-bond acceptors (Lipinski definition) is 3. The predicted octanol–water partition coefficient (Wildman–Crippen LogP) is 3.76. The Kier molecular flexibility index (Phi) is 5.89. The first kappa shape index (κ1) is 18.5. The van der Waals surface area contributed by atoms with E-state index in [0.29, 0.717) is 23.2 Å². The number of nitrogens with zero attached hydrogens (tertiary/aromatic N) is 2. The van der Waals surface area contributed by atoms with Crippen molar-refractivity contribution in [2.45, 2.75) is 89.0 Å². The third-order valence-electron chi connectivity index (χ3n) is 4.47. The summed E-state index contributed by atoms with van der Waals surface area (Å²) >= 11 is 0. The van der Waals surface area contributed by atoms with E-state index in [2.05, 4.69) is 16.7 Å². The summed E-state index contributed by atoms with van der Waals surface area (Å²) in [5.74, 6) is 0. The van der Waals surface area contributed by atoms with Crippen LogP contribution in [0.15, 0.2) is 11.1 Å². The minimum Gasteiger partial charge on any atom is -0.268 e. The molecule has 1 N–H and O–H groups in total. The minimum atomic E-state index is -3.50. The van der Waals surface area contributed by atoms with Gasteiger partial charge in [0.05, 0.1) is 11.7 Å². The van der Waals surface area contributed by atoms with Crippen LogP contribution in [-0.2, 0) is 15.4 Å². The molecule has 2 rings (SSSR count). The van der Waals surface area contributed by atoms with E-state index >= 15 is 0 Å². The summed E-state index contributed by atoms with van der Waals surface area (Å²) in [7, 11) is -3.50. The second kappa shape index (κ2) is 7.34. The standard InChI is InChI=1S/C17H31N3O2S/c1-5-6-9-12-18-23(21,22)15-13-20(14-10-7-8-11-14)19-16(15)17(2,3)4/h13-14,18H,5-12H2,1-4H3. The molecule has 1 saturated carbocycles. The van der Waals surface area contributed by atoms with Crippen LogP contribution in [0.25, 0.3) is 0 Å². The molecule has 5 nitrogen and oxygen atoms in total. The van der Waals surface area contributed by atoms with Crippen LogP contribution in [-0.4, -0.2) is 24.7 Å². The van der Waals surface area contributed by atoms with Gasteiger partial charge in [-0.2, -0.15) is 5.10 Å². The maximum Gasteiger partial charge on any atom is 0.243 e.